The van der Waals surface area contributed by atoms with Crippen LogP contribution < -0.4 is 0 Å². The molecule has 0 amide bonds. The van der Waals surface area contributed by atoms with E-state index in [0.29, 0.717) is 29.3 Å². The molecule has 1 aromatic carbocycles. The molecule has 0 aromatic heterocycles. The van der Waals surface area contributed by atoms with Gasteiger partial charge < -0.3 is 4.18 Å². The fourth-order valence-corrected chi connectivity index (χ4v) is 3.09. The lowest BCUT2D eigenvalue weighted by molar-refractivity contribution is -0.0509. The minimum absolute atomic E-state index is 0.282. The van der Waals surface area contributed by atoms with Crippen LogP contribution in [0.15, 0.2) is 28.7 Å². The highest BCUT2D eigenvalue weighted by Crippen LogP contribution is 2.37. The molecule has 0 saturated carbocycles. The van der Waals surface area contributed by atoms with Crippen LogP contribution in [0.1, 0.15) is 24.0 Å². The number of rotatable bonds is 2. The van der Waals surface area contributed by atoms with E-state index >= 15 is 0 Å². The predicted molar refractivity (Wildman–Crippen MR) is 71.3 cm³/mol. The Morgan fingerprint density at radius 3 is 2.45 bits per heavy atom. The number of allylic oxidation sites excluding steroid dienone is 1. The molecule has 3 nitrogen and oxygen atoms in total. The smallest absolute Gasteiger partial charge is 0.375 e. The quantitative estimate of drug-likeness (QED) is 0.584. The van der Waals surface area contributed by atoms with Crippen LogP contribution in [0, 0.1) is 0 Å². The number of alkyl halides is 3. The third-order valence-corrected chi connectivity index (χ3v) is 4.54. The summed E-state index contributed by atoms with van der Waals surface area (Å²) in [5, 5.41) is 0. The Morgan fingerprint density at radius 1 is 1.15 bits per heavy atom. The molecular weight excluding hydrogens is 361 g/mol. The van der Waals surface area contributed by atoms with Crippen LogP contribution in [0.25, 0.3) is 5.76 Å². The summed E-state index contributed by atoms with van der Waals surface area (Å²) in [7, 11) is -5.68. The van der Waals surface area contributed by atoms with Gasteiger partial charge in [-0.2, -0.15) is 21.6 Å². The summed E-state index contributed by atoms with van der Waals surface area (Å²) in [5.74, 6) is -0.282. The van der Waals surface area contributed by atoms with E-state index in [4.69, 9.17) is 0 Å². The molecular formula is C12H10BrF3O3S. The Bertz CT molecular complexity index is 650. The number of benzene rings is 1. The fraction of sp³-hybridized carbons (Fsp3) is 0.333. The highest BCUT2D eigenvalue weighted by atomic mass is 79.9. The molecule has 2 rings (SSSR count). The third kappa shape index (κ3) is 3.01. The molecule has 8 heteroatoms. The van der Waals surface area contributed by atoms with E-state index in [2.05, 4.69) is 20.1 Å². The second kappa shape index (κ2) is 5.40. The Kier molecular flexibility index (Phi) is 4.15. The maximum atomic E-state index is 12.4. The van der Waals surface area contributed by atoms with Gasteiger partial charge in [0.25, 0.3) is 0 Å². The summed E-state index contributed by atoms with van der Waals surface area (Å²) in [6, 6.07) is 6.65. The molecule has 0 aliphatic heterocycles. The van der Waals surface area contributed by atoms with Gasteiger partial charge in [0.05, 0.1) is 0 Å². The van der Waals surface area contributed by atoms with Crippen LogP contribution in [0.5, 0.6) is 0 Å². The first kappa shape index (κ1) is 15.4. The van der Waals surface area contributed by atoms with Gasteiger partial charge in [0, 0.05) is 10.0 Å². The number of halogens is 4. The normalized spacial score (nSPS) is 16.6. The second-order valence-electron chi connectivity index (χ2n) is 4.23. The number of aryl methyl sites for hydroxylation is 1. The molecule has 1 aliphatic rings. The van der Waals surface area contributed by atoms with E-state index in [1.807, 2.05) is 0 Å². The fourth-order valence-electron chi connectivity index (χ4n) is 1.90. The highest BCUT2D eigenvalue weighted by molar-refractivity contribution is 9.11. The molecule has 0 unspecified atom stereocenters. The summed E-state index contributed by atoms with van der Waals surface area (Å²) in [4.78, 5) is 0. The molecule has 0 heterocycles. The van der Waals surface area contributed by atoms with Crippen molar-refractivity contribution in [2.75, 3.05) is 0 Å². The van der Waals surface area contributed by atoms with Crippen LogP contribution in [-0.2, 0) is 20.7 Å². The van der Waals surface area contributed by atoms with Crippen molar-refractivity contribution in [2.45, 2.75) is 24.8 Å². The van der Waals surface area contributed by atoms with Gasteiger partial charge in [-0.25, -0.2) is 0 Å². The largest absolute Gasteiger partial charge is 0.534 e. The lowest BCUT2D eigenvalue weighted by Crippen LogP contribution is -2.25. The average Bonchev–Trinajstić information content (AvgIpc) is 2.49. The van der Waals surface area contributed by atoms with Crippen molar-refractivity contribution in [3.8, 4) is 0 Å². The van der Waals surface area contributed by atoms with Crippen molar-refractivity contribution in [3.63, 3.8) is 0 Å². The summed E-state index contributed by atoms with van der Waals surface area (Å²) >= 11 is 3.12. The first-order valence-electron chi connectivity index (χ1n) is 5.70. The van der Waals surface area contributed by atoms with Crippen molar-refractivity contribution in [2.24, 2.45) is 0 Å². The number of hydrogen-bond acceptors (Lipinski definition) is 3. The third-order valence-electron chi connectivity index (χ3n) is 2.83. The van der Waals surface area contributed by atoms with Crippen LogP contribution in [0.4, 0.5) is 13.2 Å². The lowest BCUT2D eigenvalue weighted by atomic mass is 10.0. The molecule has 110 valence electrons. The van der Waals surface area contributed by atoms with Gasteiger partial charge in [0.2, 0.25) is 0 Å². The van der Waals surface area contributed by atoms with Crippen LogP contribution in [-0.4, -0.2) is 13.9 Å². The Hall–Kier alpha value is -1.02. The van der Waals surface area contributed by atoms with Gasteiger partial charge in [-0.1, -0.05) is 40.2 Å². The first-order chi connectivity index (χ1) is 9.22. The van der Waals surface area contributed by atoms with Crippen LogP contribution in [0.3, 0.4) is 0 Å². The predicted octanol–water partition coefficient (Wildman–Crippen LogP) is 3.95. The van der Waals surface area contributed by atoms with E-state index in [1.54, 1.807) is 24.3 Å². The van der Waals surface area contributed by atoms with Crippen molar-refractivity contribution in [3.05, 3.63) is 39.9 Å². The monoisotopic (exact) mass is 370 g/mol. The van der Waals surface area contributed by atoms with Gasteiger partial charge in [-0.05, 0) is 24.8 Å². The van der Waals surface area contributed by atoms with E-state index in [-0.39, 0.29) is 5.76 Å². The van der Waals surface area contributed by atoms with Crippen molar-refractivity contribution < 1.29 is 25.8 Å². The van der Waals surface area contributed by atoms with Gasteiger partial charge in [-0.3, -0.25) is 0 Å². The average molecular weight is 371 g/mol. The summed E-state index contributed by atoms with van der Waals surface area (Å²) in [6.45, 7) is 0. The van der Waals surface area contributed by atoms with Gasteiger partial charge in [0.1, 0.15) is 0 Å². The van der Waals surface area contributed by atoms with Crippen molar-refractivity contribution in [1.29, 1.82) is 0 Å². The molecule has 1 aromatic rings. The van der Waals surface area contributed by atoms with E-state index in [1.165, 1.54) is 0 Å². The minimum Gasteiger partial charge on any atom is -0.375 e. The standard InChI is InChI=1S/C12H10BrF3O3S/c13-10-7-3-5-8-4-1-2-6-9(8)11(10)19-20(17,18)12(14,15)16/h1-2,4,6H,3,5,7H2. The summed E-state index contributed by atoms with van der Waals surface area (Å²) < 4.78 is 64.4. The topological polar surface area (TPSA) is 43.4 Å². The van der Waals surface area contributed by atoms with E-state index in [0.717, 1.165) is 5.56 Å². The zero-order valence-corrected chi connectivity index (χ0v) is 12.5. The van der Waals surface area contributed by atoms with Gasteiger partial charge in [-0.15, -0.1) is 0 Å². The van der Waals surface area contributed by atoms with Gasteiger partial charge in [0.15, 0.2) is 5.76 Å². The molecule has 0 bridgehead atoms. The van der Waals surface area contributed by atoms with Crippen LogP contribution >= 0.6 is 15.9 Å². The Morgan fingerprint density at radius 2 is 1.80 bits per heavy atom. The molecule has 0 saturated heterocycles. The molecule has 1 aliphatic carbocycles. The zero-order valence-electron chi connectivity index (χ0n) is 10.1. The van der Waals surface area contributed by atoms with E-state index in [9.17, 15) is 21.6 Å². The van der Waals surface area contributed by atoms with E-state index < -0.39 is 15.6 Å². The molecule has 0 fully saturated rings. The first-order valence-corrected chi connectivity index (χ1v) is 7.90. The molecule has 0 N–H and O–H groups in total. The number of hydrogen-bond donors (Lipinski definition) is 0. The van der Waals surface area contributed by atoms with Gasteiger partial charge >= 0.3 is 15.6 Å². The maximum absolute atomic E-state index is 12.4. The number of fused-ring (bicyclic) bond motifs is 1. The van der Waals surface area contributed by atoms with Crippen molar-refractivity contribution >= 4 is 31.8 Å². The molecule has 0 spiro atoms. The lowest BCUT2D eigenvalue weighted by Gasteiger charge is -2.14. The Balaban J connectivity index is 2.50. The Labute approximate surface area is 122 Å². The molecule has 0 radical (unpaired) electrons. The maximum Gasteiger partial charge on any atom is 0.534 e. The minimum atomic E-state index is -5.68. The second-order valence-corrected chi connectivity index (χ2v) is 6.72. The summed E-state index contributed by atoms with van der Waals surface area (Å²) in [5.41, 5.74) is -4.33. The van der Waals surface area contributed by atoms with Crippen molar-refractivity contribution in [1.82, 2.24) is 0 Å². The zero-order chi connectivity index (χ0) is 15.0. The summed E-state index contributed by atoms with van der Waals surface area (Å²) in [6.07, 6.45) is 1.75. The van der Waals surface area contributed by atoms with Crippen LogP contribution in [0.2, 0.25) is 0 Å². The highest BCUT2D eigenvalue weighted by Gasteiger charge is 2.49. The molecule has 0 atom stereocenters. The SMILES string of the molecule is O=S(=O)(OC1=C(Br)CCCc2ccccc21)C(F)(F)F. The molecule has 20 heavy (non-hydrogen) atoms.